The largest absolute Gasteiger partial charge is 0.287 e. The summed E-state index contributed by atoms with van der Waals surface area (Å²) in [7, 11) is -4.39. The molecule has 0 saturated heterocycles. The van der Waals surface area contributed by atoms with Crippen LogP contribution in [0.25, 0.3) is 11.8 Å². The van der Waals surface area contributed by atoms with Gasteiger partial charge in [0.2, 0.25) is 0 Å². The zero-order valence-corrected chi connectivity index (χ0v) is 17.6. The lowest BCUT2D eigenvalue weighted by atomic mass is 9.94. The van der Waals surface area contributed by atoms with Crippen LogP contribution < -0.4 is 0 Å². The summed E-state index contributed by atoms with van der Waals surface area (Å²) in [6.45, 7) is 0. The number of nitrogens with zero attached hydrogens (tertiary/aromatic N) is 2. The summed E-state index contributed by atoms with van der Waals surface area (Å²) in [5, 5.41) is 4.98. The molecule has 0 bridgehead atoms. The van der Waals surface area contributed by atoms with Crippen LogP contribution in [0, 0.1) is 17.5 Å². The first kappa shape index (κ1) is 21.7. The van der Waals surface area contributed by atoms with Crippen molar-refractivity contribution in [2.24, 2.45) is 0 Å². The number of aromatic nitrogens is 2. The smallest absolute Gasteiger partial charge is 0.282 e. The van der Waals surface area contributed by atoms with E-state index in [2.05, 4.69) is 5.10 Å². The van der Waals surface area contributed by atoms with E-state index in [4.69, 9.17) is 4.55 Å². The van der Waals surface area contributed by atoms with E-state index in [9.17, 15) is 21.6 Å². The van der Waals surface area contributed by atoms with Crippen molar-refractivity contribution < 1.29 is 26.1 Å². The fourth-order valence-corrected chi connectivity index (χ4v) is 5.13. The van der Waals surface area contributed by atoms with Gasteiger partial charge in [0.25, 0.3) is 10.1 Å². The second-order valence-corrected chi connectivity index (χ2v) is 9.45. The Morgan fingerprint density at radius 1 is 1.16 bits per heavy atom. The number of hydrogen-bond acceptors (Lipinski definition) is 4. The molecule has 0 radical (unpaired) electrons. The molecule has 10 heteroatoms. The van der Waals surface area contributed by atoms with Gasteiger partial charge in [-0.25, -0.2) is 17.9 Å². The average molecular weight is 467 g/mol. The van der Waals surface area contributed by atoms with Gasteiger partial charge in [0, 0.05) is 29.1 Å². The lowest BCUT2D eigenvalue weighted by Gasteiger charge is -2.24. The molecule has 4 rings (SSSR count). The molecule has 0 amide bonds. The maximum atomic E-state index is 14.6. The normalized spacial score (nSPS) is 16.6. The van der Waals surface area contributed by atoms with Crippen LogP contribution in [0.2, 0.25) is 0 Å². The lowest BCUT2D eigenvalue weighted by Crippen LogP contribution is -2.18. The third-order valence-electron chi connectivity index (χ3n) is 4.91. The zero-order chi connectivity index (χ0) is 22.2. The van der Waals surface area contributed by atoms with Gasteiger partial charge in [-0.3, -0.25) is 4.55 Å². The Hall–Kier alpha value is -2.56. The Kier molecular flexibility index (Phi) is 5.96. The standard InChI is InChI=1S/C21H17F3N2O3S2/c22-15-3-1-2-13(9-15)8-14-11-30-12-17-19(6-7-31(27,28)29)25-26(21(14)17)20-5-4-16(23)10-18(20)24/h1-7,9-10,14H,8,11-12H2,(H,27,28,29). The molecule has 0 saturated carbocycles. The van der Waals surface area contributed by atoms with Crippen molar-refractivity contribution in [3.63, 3.8) is 0 Å². The molecule has 0 spiro atoms. The molecule has 2 aromatic carbocycles. The van der Waals surface area contributed by atoms with E-state index in [0.29, 0.717) is 34.6 Å². The van der Waals surface area contributed by atoms with E-state index in [1.165, 1.54) is 22.9 Å². The molecule has 1 aromatic heterocycles. The molecule has 1 unspecified atom stereocenters. The molecule has 0 aliphatic carbocycles. The van der Waals surface area contributed by atoms with E-state index in [1.54, 1.807) is 23.9 Å². The molecule has 3 aromatic rings. The Morgan fingerprint density at radius 3 is 2.65 bits per heavy atom. The first-order chi connectivity index (χ1) is 14.7. The highest BCUT2D eigenvalue weighted by molar-refractivity contribution is 7.98. The second kappa shape index (κ2) is 8.52. The van der Waals surface area contributed by atoms with Crippen LogP contribution >= 0.6 is 11.8 Å². The van der Waals surface area contributed by atoms with Crippen LogP contribution in [-0.4, -0.2) is 28.5 Å². The van der Waals surface area contributed by atoms with Crippen LogP contribution in [0.1, 0.15) is 28.4 Å². The van der Waals surface area contributed by atoms with Crippen LogP contribution in [0.5, 0.6) is 0 Å². The monoisotopic (exact) mass is 466 g/mol. The van der Waals surface area contributed by atoms with E-state index < -0.39 is 21.8 Å². The summed E-state index contributed by atoms with van der Waals surface area (Å²) < 4.78 is 74.5. The van der Waals surface area contributed by atoms with Gasteiger partial charge < -0.3 is 0 Å². The average Bonchev–Trinajstić information content (AvgIpc) is 3.05. The molecule has 1 aliphatic heterocycles. The Balaban J connectivity index is 1.86. The number of halogens is 3. The highest BCUT2D eigenvalue weighted by atomic mass is 32.2. The van der Waals surface area contributed by atoms with Gasteiger partial charge in [-0.2, -0.15) is 25.3 Å². The van der Waals surface area contributed by atoms with Crippen LogP contribution in [0.4, 0.5) is 13.2 Å². The molecule has 1 N–H and O–H groups in total. The number of thioether (sulfide) groups is 1. The van der Waals surface area contributed by atoms with E-state index in [-0.39, 0.29) is 23.1 Å². The first-order valence-electron chi connectivity index (χ1n) is 9.26. The summed E-state index contributed by atoms with van der Waals surface area (Å²) in [5.41, 5.74) is 2.35. The molecule has 1 aliphatic rings. The Morgan fingerprint density at radius 2 is 1.94 bits per heavy atom. The van der Waals surface area contributed by atoms with Crippen LogP contribution in [-0.2, 0) is 22.3 Å². The molecular formula is C21H17F3N2O3S2. The van der Waals surface area contributed by atoms with E-state index in [0.717, 1.165) is 23.8 Å². The summed E-state index contributed by atoms with van der Waals surface area (Å²) >= 11 is 1.59. The van der Waals surface area contributed by atoms with Crippen molar-refractivity contribution in [2.45, 2.75) is 18.1 Å². The van der Waals surface area contributed by atoms with Gasteiger partial charge >= 0.3 is 0 Å². The third-order valence-corrected chi connectivity index (χ3v) is 6.52. The minimum atomic E-state index is -4.39. The van der Waals surface area contributed by atoms with Crippen molar-refractivity contribution in [3.05, 3.63) is 87.8 Å². The Bertz CT molecular complexity index is 1270. The van der Waals surface area contributed by atoms with Gasteiger partial charge in [-0.15, -0.1) is 0 Å². The maximum absolute atomic E-state index is 14.6. The molecule has 1 atom stereocenters. The number of rotatable bonds is 5. The highest BCUT2D eigenvalue weighted by Gasteiger charge is 2.30. The van der Waals surface area contributed by atoms with Gasteiger partial charge in [-0.1, -0.05) is 12.1 Å². The van der Waals surface area contributed by atoms with Gasteiger partial charge in [0.15, 0.2) is 5.82 Å². The van der Waals surface area contributed by atoms with Crippen molar-refractivity contribution in [1.29, 1.82) is 0 Å². The lowest BCUT2D eigenvalue weighted by molar-refractivity contribution is 0.494. The van der Waals surface area contributed by atoms with Crippen LogP contribution in [0.15, 0.2) is 47.9 Å². The highest BCUT2D eigenvalue weighted by Crippen LogP contribution is 2.39. The SMILES string of the molecule is O=S(=O)(O)C=Cc1nn(-c2ccc(F)cc2F)c2c1CSCC2Cc1cccc(F)c1. The molecule has 162 valence electrons. The van der Waals surface area contributed by atoms with E-state index >= 15 is 0 Å². The minimum Gasteiger partial charge on any atom is -0.282 e. The summed E-state index contributed by atoms with van der Waals surface area (Å²) in [6.07, 6.45) is 1.60. The van der Waals surface area contributed by atoms with Crippen molar-refractivity contribution in [3.8, 4) is 5.69 Å². The summed E-state index contributed by atoms with van der Waals surface area (Å²) in [4.78, 5) is 0. The van der Waals surface area contributed by atoms with Crippen molar-refractivity contribution in [1.82, 2.24) is 9.78 Å². The number of fused-ring (bicyclic) bond motifs is 1. The van der Waals surface area contributed by atoms with Gasteiger partial charge in [0.1, 0.15) is 17.3 Å². The predicted octanol–water partition coefficient (Wildman–Crippen LogP) is 4.72. The summed E-state index contributed by atoms with van der Waals surface area (Å²) in [5.74, 6) is -0.960. The van der Waals surface area contributed by atoms with Crippen molar-refractivity contribution >= 4 is 28.0 Å². The molecular weight excluding hydrogens is 449 g/mol. The van der Waals surface area contributed by atoms with Crippen LogP contribution in [0.3, 0.4) is 0 Å². The Labute approximate surface area is 181 Å². The maximum Gasteiger partial charge on any atom is 0.287 e. The molecule has 5 nitrogen and oxygen atoms in total. The second-order valence-electron chi connectivity index (χ2n) is 7.12. The molecule has 2 heterocycles. The van der Waals surface area contributed by atoms with Gasteiger partial charge in [-0.05, 0) is 42.3 Å². The third kappa shape index (κ3) is 4.86. The fraction of sp³-hybridized carbons (Fsp3) is 0.190. The molecule has 0 fully saturated rings. The fourth-order valence-electron chi connectivity index (χ4n) is 3.66. The topological polar surface area (TPSA) is 72.2 Å². The predicted molar refractivity (Wildman–Crippen MR) is 113 cm³/mol. The summed E-state index contributed by atoms with van der Waals surface area (Å²) in [6, 6.07) is 9.29. The minimum absolute atomic E-state index is 0.0142. The van der Waals surface area contributed by atoms with Gasteiger partial charge in [0.05, 0.1) is 16.8 Å². The number of hydrogen-bond donors (Lipinski definition) is 1. The van der Waals surface area contributed by atoms with Crippen molar-refractivity contribution in [2.75, 3.05) is 5.75 Å². The number of benzene rings is 2. The first-order valence-corrected chi connectivity index (χ1v) is 11.9. The quantitative estimate of drug-likeness (QED) is 0.551. The zero-order valence-electron chi connectivity index (χ0n) is 16.0. The molecule has 31 heavy (non-hydrogen) atoms. The van der Waals surface area contributed by atoms with E-state index in [1.807, 2.05) is 0 Å².